The molecule has 1 nitrogen and oxygen atoms in total. The maximum Gasteiger partial charge on any atom is 0.156 e. The van der Waals surface area contributed by atoms with Gasteiger partial charge in [-0.05, 0) is 77.8 Å². The second-order valence-corrected chi connectivity index (χ2v) is 9.30. The Kier molecular flexibility index (Phi) is 2.58. The van der Waals surface area contributed by atoms with Crippen molar-refractivity contribution in [1.82, 2.24) is 0 Å². The van der Waals surface area contributed by atoms with Crippen LogP contribution in [-0.4, -0.2) is 5.78 Å². The molecule has 120 valence electrons. The van der Waals surface area contributed by atoms with Gasteiger partial charge >= 0.3 is 0 Å². The fraction of sp³-hybridized carbons (Fsp3) is 0.682. The van der Waals surface area contributed by atoms with Crippen LogP contribution in [0.15, 0.2) is 23.8 Å². The Hall–Kier alpha value is -1.29. The quantitative estimate of drug-likeness (QED) is 0.606. The van der Waals surface area contributed by atoms with Crippen LogP contribution in [0.3, 0.4) is 0 Å². The van der Waals surface area contributed by atoms with Crippen LogP contribution in [0.2, 0.25) is 0 Å². The van der Waals surface area contributed by atoms with Crippen molar-refractivity contribution in [2.45, 2.75) is 46.0 Å². The highest BCUT2D eigenvalue weighted by Crippen LogP contribution is 2.74. The van der Waals surface area contributed by atoms with Gasteiger partial charge in [-0.1, -0.05) is 26.0 Å². The van der Waals surface area contributed by atoms with E-state index in [-0.39, 0.29) is 5.41 Å². The smallest absolute Gasteiger partial charge is 0.156 e. The predicted octanol–water partition coefficient (Wildman–Crippen LogP) is 4.40. The van der Waals surface area contributed by atoms with E-state index in [9.17, 15) is 4.79 Å². The van der Waals surface area contributed by atoms with Crippen molar-refractivity contribution in [2.24, 2.45) is 46.3 Å². The summed E-state index contributed by atoms with van der Waals surface area (Å²) in [6.45, 7) is 4.91. The van der Waals surface area contributed by atoms with Crippen molar-refractivity contribution in [1.29, 1.82) is 0 Å². The summed E-state index contributed by atoms with van der Waals surface area (Å²) in [4.78, 5) is 11.9. The van der Waals surface area contributed by atoms with Crippen LogP contribution in [0.5, 0.6) is 0 Å². The van der Waals surface area contributed by atoms with Gasteiger partial charge in [-0.2, -0.15) is 0 Å². The van der Waals surface area contributed by atoms with E-state index in [0.717, 1.165) is 30.6 Å². The molecule has 5 rings (SSSR count). The molecule has 1 heteroatoms. The first-order valence-electron chi connectivity index (χ1n) is 9.38. The van der Waals surface area contributed by atoms with Crippen LogP contribution in [0.1, 0.15) is 46.0 Å². The van der Waals surface area contributed by atoms with Crippen LogP contribution in [-0.2, 0) is 4.79 Å². The van der Waals surface area contributed by atoms with Gasteiger partial charge in [0.05, 0.1) is 0 Å². The van der Waals surface area contributed by atoms with Gasteiger partial charge in [-0.3, -0.25) is 4.79 Å². The highest BCUT2D eigenvalue weighted by atomic mass is 16.1. The Morgan fingerprint density at radius 1 is 1.26 bits per heavy atom. The Balaban J connectivity index is 1.59. The van der Waals surface area contributed by atoms with E-state index in [1.165, 1.54) is 24.8 Å². The number of terminal acetylenes is 1. The number of carbonyl (C=O) groups excluding carboxylic acids is 1. The van der Waals surface area contributed by atoms with Gasteiger partial charge in [0.1, 0.15) is 0 Å². The Bertz CT molecular complexity index is 691. The summed E-state index contributed by atoms with van der Waals surface area (Å²) in [7, 11) is 0. The standard InChI is InChI=1S/C22H26O/c1-4-18-16-12-17(16)20-15-6-5-13-11-14(23)7-9-21(13,2)19(15)8-10-22(18,20)3/h1,5-6,11,15-20H,7-10,12H2,2-3H3/t15-,16+,17-,18+,19+,20-,21+,22-/m1/s1. The minimum absolute atomic E-state index is 0.216. The van der Waals surface area contributed by atoms with E-state index in [0.29, 0.717) is 29.0 Å². The third kappa shape index (κ3) is 1.58. The summed E-state index contributed by atoms with van der Waals surface area (Å²) in [6.07, 6.45) is 18.3. The molecule has 0 heterocycles. The molecular weight excluding hydrogens is 280 g/mol. The second kappa shape index (κ2) is 4.21. The summed E-state index contributed by atoms with van der Waals surface area (Å²) in [5, 5.41) is 0. The summed E-state index contributed by atoms with van der Waals surface area (Å²) >= 11 is 0. The molecule has 0 radical (unpaired) electrons. The third-order valence-electron chi connectivity index (χ3n) is 8.49. The maximum atomic E-state index is 11.9. The lowest BCUT2D eigenvalue weighted by molar-refractivity contribution is -0.116. The molecular formula is C22H26O. The number of ketones is 1. The number of allylic oxidation sites excluding steroid dienone is 4. The Morgan fingerprint density at radius 2 is 2.09 bits per heavy atom. The SMILES string of the molecule is C#C[C@H]1[C@H]2C[C@H]2[C@H]2[C@@H]3C=CC4=CC(=O)CC[C@]4(C)[C@H]3CC[C@@]21C. The zero-order valence-corrected chi connectivity index (χ0v) is 14.2. The van der Waals surface area contributed by atoms with Gasteiger partial charge in [0.15, 0.2) is 5.78 Å². The molecule has 0 amide bonds. The Morgan fingerprint density at radius 3 is 2.87 bits per heavy atom. The van der Waals surface area contributed by atoms with Gasteiger partial charge in [-0.25, -0.2) is 0 Å². The molecule has 3 saturated carbocycles. The summed E-state index contributed by atoms with van der Waals surface area (Å²) in [6, 6.07) is 0. The zero-order valence-electron chi connectivity index (χ0n) is 14.2. The molecule has 5 aliphatic carbocycles. The molecule has 0 bridgehead atoms. The monoisotopic (exact) mass is 306 g/mol. The fourth-order valence-electron chi connectivity index (χ4n) is 7.28. The second-order valence-electron chi connectivity index (χ2n) is 9.30. The van der Waals surface area contributed by atoms with Crippen LogP contribution in [0.4, 0.5) is 0 Å². The number of fused-ring (bicyclic) bond motifs is 7. The molecule has 8 atom stereocenters. The van der Waals surface area contributed by atoms with Crippen LogP contribution in [0.25, 0.3) is 0 Å². The molecule has 23 heavy (non-hydrogen) atoms. The largest absolute Gasteiger partial charge is 0.295 e. The molecule has 3 fully saturated rings. The van der Waals surface area contributed by atoms with Gasteiger partial charge in [0.2, 0.25) is 0 Å². The lowest BCUT2D eigenvalue weighted by Gasteiger charge is -2.56. The first kappa shape index (κ1) is 14.1. The molecule has 0 unspecified atom stereocenters. The van der Waals surface area contributed by atoms with E-state index in [2.05, 4.69) is 31.9 Å². The first-order chi connectivity index (χ1) is 11.0. The van der Waals surface area contributed by atoms with Crippen molar-refractivity contribution >= 4 is 5.78 Å². The van der Waals surface area contributed by atoms with Crippen molar-refractivity contribution in [3.05, 3.63) is 23.8 Å². The number of hydrogen-bond donors (Lipinski definition) is 0. The van der Waals surface area contributed by atoms with Crippen molar-refractivity contribution < 1.29 is 4.79 Å². The molecule has 0 aliphatic heterocycles. The zero-order chi connectivity index (χ0) is 16.0. The number of rotatable bonds is 0. The number of hydrogen-bond acceptors (Lipinski definition) is 1. The lowest BCUT2D eigenvalue weighted by Crippen LogP contribution is -2.50. The average molecular weight is 306 g/mol. The van der Waals surface area contributed by atoms with Gasteiger partial charge in [-0.15, -0.1) is 12.3 Å². The molecule has 5 aliphatic rings. The predicted molar refractivity (Wildman–Crippen MR) is 91.3 cm³/mol. The van der Waals surface area contributed by atoms with E-state index in [1.54, 1.807) is 0 Å². The molecule has 0 aromatic rings. The van der Waals surface area contributed by atoms with Crippen molar-refractivity contribution in [3.8, 4) is 12.3 Å². The summed E-state index contributed by atoms with van der Waals surface area (Å²) < 4.78 is 0. The van der Waals surface area contributed by atoms with Gasteiger partial charge in [0.25, 0.3) is 0 Å². The Labute approximate surface area is 139 Å². The summed E-state index contributed by atoms with van der Waals surface area (Å²) in [5.41, 5.74) is 1.88. The molecule has 0 aromatic heterocycles. The van der Waals surface area contributed by atoms with E-state index in [1.807, 2.05) is 6.08 Å². The third-order valence-corrected chi connectivity index (χ3v) is 8.49. The average Bonchev–Trinajstić information content (AvgIpc) is 3.23. The molecule has 0 N–H and O–H groups in total. The van der Waals surface area contributed by atoms with Gasteiger partial charge in [0, 0.05) is 12.3 Å². The molecule has 0 aromatic carbocycles. The van der Waals surface area contributed by atoms with E-state index < -0.39 is 0 Å². The summed E-state index contributed by atoms with van der Waals surface area (Å²) in [5.74, 6) is 7.85. The highest BCUT2D eigenvalue weighted by Gasteiger charge is 2.69. The van der Waals surface area contributed by atoms with Crippen LogP contribution < -0.4 is 0 Å². The van der Waals surface area contributed by atoms with E-state index in [4.69, 9.17) is 6.42 Å². The normalized spacial score (nSPS) is 55.9. The molecule has 0 saturated heterocycles. The van der Waals surface area contributed by atoms with E-state index >= 15 is 0 Å². The lowest BCUT2D eigenvalue weighted by atomic mass is 9.47. The number of carbonyl (C=O) groups is 1. The topological polar surface area (TPSA) is 17.1 Å². The van der Waals surface area contributed by atoms with Gasteiger partial charge < -0.3 is 0 Å². The van der Waals surface area contributed by atoms with Crippen molar-refractivity contribution in [3.63, 3.8) is 0 Å². The fourth-order valence-corrected chi connectivity index (χ4v) is 7.28. The minimum atomic E-state index is 0.216. The maximum absolute atomic E-state index is 11.9. The minimum Gasteiger partial charge on any atom is -0.295 e. The first-order valence-corrected chi connectivity index (χ1v) is 9.38. The highest BCUT2D eigenvalue weighted by molar-refractivity contribution is 5.92. The van der Waals surface area contributed by atoms with Crippen molar-refractivity contribution in [2.75, 3.05) is 0 Å². The van der Waals surface area contributed by atoms with Crippen LogP contribution >= 0.6 is 0 Å². The molecule has 0 spiro atoms. The van der Waals surface area contributed by atoms with Crippen LogP contribution in [0, 0.1) is 58.7 Å².